The molecule has 4 heterocycles. The number of nitrogens with one attached hydrogen (secondary N) is 3. The largest absolute Gasteiger partial charge is 0.367 e. The average molecular weight is 449 g/mol. The Morgan fingerprint density at radius 3 is 2.77 bits per heavy atom. The molecule has 3 N–H and O–H groups in total. The van der Waals surface area contributed by atoms with Gasteiger partial charge >= 0.3 is 0 Å². The van der Waals surface area contributed by atoms with Crippen molar-refractivity contribution in [2.75, 3.05) is 29.9 Å². The summed E-state index contributed by atoms with van der Waals surface area (Å²) in [6.07, 6.45) is 3.59. The maximum Gasteiger partial charge on any atom is 0.228 e. The standard InChI is InChI=1S/C20H25ClN8.ClH/c1-12(2)18-17(19(21)28-27-18)15-6-7-23-20(25-15)26-16-5-4-14(10-24-16)29-9-8-22-13(3)11-29;/h4-7,10,12-13,22H,8-9,11H2,1-3H3,(H,27,28)(H,23,24,25,26);1H/t13-;/m1./s1. The van der Waals surface area contributed by atoms with Crippen LogP contribution in [0.4, 0.5) is 17.5 Å². The van der Waals surface area contributed by atoms with Crippen LogP contribution in [-0.2, 0) is 0 Å². The minimum absolute atomic E-state index is 0. The Labute approximate surface area is 187 Å². The van der Waals surface area contributed by atoms with Crippen molar-refractivity contribution in [1.82, 2.24) is 30.5 Å². The molecule has 3 aromatic heterocycles. The lowest BCUT2D eigenvalue weighted by atomic mass is 10.0. The van der Waals surface area contributed by atoms with Gasteiger partial charge < -0.3 is 15.5 Å². The second kappa shape index (κ2) is 9.59. The molecule has 1 aliphatic heterocycles. The molecule has 0 saturated carbocycles. The zero-order chi connectivity index (χ0) is 20.4. The number of aromatic nitrogens is 5. The van der Waals surface area contributed by atoms with E-state index in [1.165, 1.54) is 0 Å². The quantitative estimate of drug-likeness (QED) is 0.542. The summed E-state index contributed by atoms with van der Waals surface area (Å²) in [6.45, 7) is 9.29. The van der Waals surface area contributed by atoms with Gasteiger partial charge in [-0.15, -0.1) is 12.4 Å². The number of anilines is 3. The molecule has 1 atom stereocenters. The van der Waals surface area contributed by atoms with Crippen molar-refractivity contribution < 1.29 is 0 Å². The van der Waals surface area contributed by atoms with Gasteiger partial charge in [-0.05, 0) is 31.0 Å². The van der Waals surface area contributed by atoms with Crippen molar-refractivity contribution in [3.63, 3.8) is 0 Å². The third kappa shape index (κ3) is 4.83. The lowest BCUT2D eigenvalue weighted by Gasteiger charge is -2.33. The Kier molecular flexibility index (Phi) is 7.12. The van der Waals surface area contributed by atoms with E-state index in [0.29, 0.717) is 23.0 Å². The van der Waals surface area contributed by atoms with Crippen LogP contribution in [0, 0.1) is 0 Å². The van der Waals surface area contributed by atoms with Gasteiger partial charge in [-0.1, -0.05) is 25.4 Å². The number of rotatable bonds is 5. The fourth-order valence-electron chi connectivity index (χ4n) is 3.48. The SMILES string of the molecule is CC(C)c1[nH]nc(Cl)c1-c1ccnc(Nc2ccc(N3CCN[C@H](C)C3)cn2)n1.Cl. The Bertz CT molecular complexity index is 973. The van der Waals surface area contributed by atoms with E-state index < -0.39 is 0 Å². The Morgan fingerprint density at radius 2 is 2.07 bits per heavy atom. The molecule has 0 aromatic carbocycles. The Hall–Kier alpha value is -2.42. The summed E-state index contributed by atoms with van der Waals surface area (Å²) in [5.41, 5.74) is 3.59. The molecule has 1 saturated heterocycles. The maximum absolute atomic E-state index is 6.29. The normalized spacial score (nSPS) is 16.4. The smallest absolute Gasteiger partial charge is 0.228 e. The molecule has 0 amide bonds. The predicted molar refractivity (Wildman–Crippen MR) is 123 cm³/mol. The maximum atomic E-state index is 6.29. The molecule has 160 valence electrons. The van der Waals surface area contributed by atoms with Crippen molar-refractivity contribution in [3.8, 4) is 11.3 Å². The second-order valence-corrected chi connectivity index (χ2v) is 7.91. The number of H-pyrrole nitrogens is 1. The summed E-state index contributed by atoms with van der Waals surface area (Å²) in [4.78, 5) is 15.8. The molecular weight excluding hydrogens is 423 g/mol. The van der Waals surface area contributed by atoms with Crippen LogP contribution in [0.15, 0.2) is 30.6 Å². The summed E-state index contributed by atoms with van der Waals surface area (Å²) < 4.78 is 0. The molecule has 3 aromatic rings. The lowest BCUT2D eigenvalue weighted by Crippen LogP contribution is -2.49. The minimum Gasteiger partial charge on any atom is -0.367 e. The third-order valence-corrected chi connectivity index (χ3v) is 5.23. The minimum atomic E-state index is 0. The van der Waals surface area contributed by atoms with Crippen LogP contribution in [-0.4, -0.2) is 50.8 Å². The van der Waals surface area contributed by atoms with E-state index in [4.69, 9.17) is 11.6 Å². The van der Waals surface area contributed by atoms with Gasteiger partial charge in [0.15, 0.2) is 5.15 Å². The third-order valence-electron chi connectivity index (χ3n) is 4.96. The first-order valence-corrected chi connectivity index (χ1v) is 10.2. The molecular formula is C20H26Cl2N8. The highest BCUT2D eigenvalue weighted by Crippen LogP contribution is 2.32. The van der Waals surface area contributed by atoms with Crippen LogP contribution in [0.1, 0.15) is 32.4 Å². The van der Waals surface area contributed by atoms with Crippen molar-refractivity contribution in [2.24, 2.45) is 0 Å². The molecule has 10 heteroatoms. The number of halogens is 2. The van der Waals surface area contributed by atoms with E-state index >= 15 is 0 Å². The van der Waals surface area contributed by atoms with Gasteiger partial charge in [-0.25, -0.2) is 15.0 Å². The lowest BCUT2D eigenvalue weighted by molar-refractivity contribution is 0.484. The van der Waals surface area contributed by atoms with Gasteiger partial charge in [0, 0.05) is 37.6 Å². The average Bonchev–Trinajstić information content (AvgIpc) is 3.11. The highest BCUT2D eigenvalue weighted by Gasteiger charge is 2.18. The Morgan fingerprint density at radius 1 is 1.23 bits per heavy atom. The molecule has 1 aliphatic rings. The first-order chi connectivity index (χ1) is 14.0. The van der Waals surface area contributed by atoms with Crippen LogP contribution in [0.25, 0.3) is 11.3 Å². The van der Waals surface area contributed by atoms with Gasteiger partial charge in [0.25, 0.3) is 0 Å². The zero-order valence-electron chi connectivity index (χ0n) is 17.2. The van der Waals surface area contributed by atoms with Crippen LogP contribution in [0.3, 0.4) is 0 Å². The summed E-state index contributed by atoms with van der Waals surface area (Å²) >= 11 is 6.29. The van der Waals surface area contributed by atoms with Crippen LogP contribution < -0.4 is 15.5 Å². The number of aromatic amines is 1. The van der Waals surface area contributed by atoms with Crippen LogP contribution >= 0.6 is 24.0 Å². The summed E-state index contributed by atoms with van der Waals surface area (Å²) in [5.74, 6) is 1.40. The highest BCUT2D eigenvalue weighted by atomic mass is 35.5. The monoisotopic (exact) mass is 448 g/mol. The molecule has 4 rings (SSSR count). The van der Waals surface area contributed by atoms with Gasteiger partial charge in [0.05, 0.1) is 23.1 Å². The van der Waals surface area contributed by atoms with E-state index in [1.54, 1.807) is 6.20 Å². The van der Waals surface area contributed by atoms with Crippen molar-refractivity contribution in [1.29, 1.82) is 0 Å². The predicted octanol–water partition coefficient (Wildman–Crippen LogP) is 4.00. The summed E-state index contributed by atoms with van der Waals surface area (Å²) in [7, 11) is 0. The zero-order valence-corrected chi connectivity index (χ0v) is 18.8. The number of hydrogen-bond acceptors (Lipinski definition) is 7. The molecule has 0 unspecified atom stereocenters. The number of nitrogens with zero attached hydrogens (tertiary/aromatic N) is 5. The molecule has 0 radical (unpaired) electrons. The van der Waals surface area contributed by atoms with E-state index in [1.807, 2.05) is 18.3 Å². The molecule has 1 fully saturated rings. The van der Waals surface area contributed by atoms with Crippen molar-refractivity contribution in [2.45, 2.75) is 32.7 Å². The van der Waals surface area contributed by atoms with Gasteiger partial charge in [-0.3, -0.25) is 5.10 Å². The highest BCUT2D eigenvalue weighted by molar-refractivity contribution is 6.32. The molecule has 0 spiro atoms. The van der Waals surface area contributed by atoms with E-state index in [0.717, 1.165) is 42.3 Å². The van der Waals surface area contributed by atoms with Crippen molar-refractivity contribution >= 4 is 41.5 Å². The van der Waals surface area contributed by atoms with E-state index in [2.05, 4.69) is 67.5 Å². The molecule has 8 nitrogen and oxygen atoms in total. The van der Waals surface area contributed by atoms with Gasteiger partial charge in [0.2, 0.25) is 5.95 Å². The number of pyridine rings is 1. The topological polar surface area (TPSA) is 94.7 Å². The fraction of sp³-hybridized carbons (Fsp3) is 0.400. The first-order valence-electron chi connectivity index (χ1n) is 9.80. The summed E-state index contributed by atoms with van der Waals surface area (Å²) in [6, 6.07) is 6.32. The molecule has 0 bridgehead atoms. The fourth-order valence-corrected chi connectivity index (χ4v) is 3.72. The van der Waals surface area contributed by atoms with Gasteiger partial charge in [0.1, 0.15) is 5.82 Å². The summed E-state index contributed by atoms with van der Waals surface area (Å²) in [5, 5.41) is 14.2. The van der Waals surface area contributed by atoms with Gasteiger partial charge in [-0.2, -0.15) is 5.10 Å². The molecule has 0 aliphatic carbocycles. The van der Waals surface area contributed by atoms with E-state index in [9.17, 15) is 0 Å². The number of hydrogen-bond donors (Lipinski definition) is 3. The number of piperazine rings is 1. The van der Waals surface area contributed by atoms with E-state index in [-0.39, 0.29) is 18.3 Å². The van der Waals surface area contributed by atoms with Crippen molar-refractivity contribution in [3.05, 3.63) is 41.4 Å². The molecule has 30 heavy (non-hydrogen) atoms. The van der Waals surface area contributed by atoms with Crippen LogP contribution in [0.5, 0.6) is 0 Å². The first kappa shape index (κ1) is 22.3. The second-order valence-electron chi connectivity index (χ2n) is 7.55. The van der Waals surface area contributed by atoms with Crippen LogP contribution in [0.2, 0.25) is 5.15 Å². The Balaban J connectivity index is 0.00000256.